The summed E-state index contributed by atoms with van der Waals surface area (Å²) >= 11 is 0. The van der Waals surface area contributed by atoms with Gasteiger partial charge in [-0.2, -0.15) is 0 Å². The van der Waals surface area contributed by atoms with Gasteiger partial charge in [-0.25, -0.2) is 0 Å². The van der Waals surface area contributed by atoms with Crippen molar-refractivity contribution in [2.24, 2.45) is 0 Å². The molecule has 5 heteroatoms. The molecule has 4 N–H and O–H groups in total. The molecule has 0 fully saturated rings. The fourth-order valence-corrected chi connectivity index (χ4v) is 2.14. The van der Waals surface area contributed by atoms with Gasteiger partial charge in [0.2, 0.25) is 5.91 Å². The second-order valence-corrected chi connectivity index (χ2v) is 6.08. The van der Waals surface area contributed by atoms with E-state index >= 15 is 0 Å². The minimum absolute atomic E-state index is 0.0351. The van der Waals surface area contributed by atoms with Crippen molar-refractivity contribution in [3.05, 3.63) is 30.5 Å². The summed E-state index contributed by atoms with van der Waals surface area (Å²) < 4.78 is 0. The first-order chi connectivity index (χ1) is 9.87. The van der Waals surface area contributed by atoms with Crippen LogP contribution in [0.25, 0.3) is 10.9 Å². The van der Waals surface area contributed by atoms with E-state index in [1.54, 1.807) is 6.20 Å². The second-order valence-electron chi connectivity index (χ2n) is 6.08. The molecule has 1 amide bonds. The topological polar surface area (TPSA) is 80.0 Å². The molecule has 0 atom stereocenters. The molecule has 1 aromatic heterocycles. The van der Waals surface area contributed by atoms with Gasteiger partial charge in [-0.15, -0.1) is 0 Å². The number of nitrogen functional groups attached to an aromatic ring is 1. The summed E-state index contributed by atoms with van der Waals surface area (Å²) in [5, 5.41) is 7.18. The minimum atomic E-state index is -0.200. The van der Waals surface area contributed by atoms with Crippen molar-refractivity contribution >= 4 is 28.2 Å². The first-order valence-electron chi connectivity index (χ1n) is 7.05. The monoisotopic (exact) mass is 286 g/mol. The molecule has 2 rings (SSSR count). The summed E-state index contributed by atoms with van der Waals surface area (Å²) in [6, 6.07) is 7.59. The van der Waals surface area contributed by atoms with Gasteiger partial charge in [-0.1, -0.05) is 0 Å². The Kier molecular flexibility index (Phi) is 4.31. The highest BCUT2D eigenvalue weighted by Crippen LogP contribution is 2.26. The van der Waals surface area contributed by atoms with E-state index < -0.39 is 0 Å². The molecule has 0 aliphatic rings. The number of carbonyl (C=O) groups is 1. The number of nitrogens with two attached hydrogens (primary N) is 1. The van der Waals surface area contributed by atoms with Crippen molar-refractivity contribution in [1.82, 2.24) is 10.3 Å². The molecule has 1 heterocycles. The lowest BCUT2D eigenvalue weighted by molar-refractivity contribution is -0.122. The van der Waals surface area contributed by atoms with Gasteiger partial charge in [0.1, 0.15) is 0 Å². The summed E-state index contributed by atoms with van der Waals surface area (Å²) in [5.41, 5.74) is 8.09. The van der Waals surface area contributed by atoms with Crippen molar-refractivity contribution in [3.8, 4) is 0 Å². The van der Waals surface area contributed by atoms with E-state index in [0.717, 1.165) is 16.6 Å². The zero-order valence-corrected chi connectivity index (χ0v) is 12.7. The van der Waals surface area contributed by atoms with Crippen LogP contribution >= 0.6 is 0 Å². The highest BCUT2D eigenvalue weighted by atomic mass is 16.1. The Morgan fingerprint density at radius 3 is 2.76 bits per heavy atom. The Morgan fingerprint density at radius 2 is 2.05 bits per heavy atom. The number of amides is 1. The molecule has 0 aliphatic heterocycles. The molecule has 1 aromatic carbocycles. The van der Waals surface area contributed by atoms with E-state index in [9.17, 15) is 4.79 Å². The Morgan fingerprint density at radius 1 is 1.29 bits per heavy atom. The summed E-state index contributed by atoms with van der Waals surface area (Å²) in [4.78, 5) is 16.1. The van der Waals surface area contributed by atoms with Crippen LogP contribution in [0.15, 0.2) is 30.5 Å². The van der Waals surface area contributed by atoms with Crippen LogP contribution in [-0.4, -0.2) is 23.0 Å². The fourth-order valence-electron chi connectivity index (χ4n) is 2.14. The lowest BCUT2D eigenvalue weighted by atomic mass is 10.1. The third-order valence-corrected chi connectivity index (χ3v) is 2.98. The number of pyridine rings is 1. The Hall–Kier alpha value is -2.30. The zero-order chi connectivity index (χ0) is 15.5. The number of nitrogens with zero attached hydrogens (tertiary/aromatic N) is 1. The van der Waals surface area contributed by atoms with E-state index in [1.807, 2.05) is 45.0 Å². The van der Waals surface area contributed by atoms with Crippen LogP contribution in [0, 0.1) is 0 Å². The van der Waals surface area contributed by atoms with Crippen LogP contribution < -0.4 is 16.4 Å². The molecule has 0 aliphatic carbocycles. The van der Waals surface area contributed by atoms with Gasteiger partial charge in [-0.05, 0) is 45.0 Å². The van der Waals surface area contributed by atoms with Crippen LogP contribution in [0.4, 0.5) is 11.4 Å². The zero-order valence-electron chi connectivity index (χ0n) is 12.7. The number of nitrogens with one attached hydrogen (secondary N) is 2. The number of aromatic nitrogens is 1. The SMILES string of the molecule is CC(C)(C)NC(=O)CCNc1ccc(N)c2ncccc12. The molecule has 2 aromatic rings. The first kappa shape index (κ1) is 15.1. The van der Waals surface area contributed by atoms with Gasteiger partial charge in [0, 0.05) is 35.8 Å². The van der Waals surface area contributed by atoms with Crippen molar-refractivity contribution in [3.63, 3.8) is 0 Å². The predicted molar refractivity (Wildman–Crippen MR) is 87.2 cm³/mol. The number of benzene rings is 1. The van der Waals surface area contributed by atoms with Gasteiger partial charge < -0.3 is 16.4 Å². The van der Waals surface area contributed by atoms with E-state index in [1.165, 1.54) is 0 Å². The Bertz CT molecular complexity index is 646. The average molecular weight is 286 g/mol. The van der Waals surface area contributed by atoms with Gasteiger partial charge in [0.05, 0.1) is 11.2 Å². The van der Waals surface area contributed by atoms with Crippen molar-refractivity contribution in [2.75, 3.05) is 17.6 Å². The highest BCUT2D eigenvalue weighted by Gasteiger charge is 2.13. The minimum Gasteiger partial charge on any atom is -0.397 e. The number of hydrogen-bond acceptors (Lipinski definition) is 4. The maximum absolute atomic E-state index is 11.8. The van der Waals surface area contributed by atoms with Gasteiger partial charge in [0.25, 0.3) is 0 Å². The van der Waals surface area contributed by atoms with Crippen LogP contribution in [0.3, 0.4) is 0 Å². The van der Waals surface area contributed by atoms with E-state index in [0.29, 0.717) is 18.7 Å². The van der Waals surface area contributed by atoms with Crippen LogP contribution in [0.1, 0.15) is 27.2 Å². The number of rotatable bonds is 4. The number of anilines is 2. The molecule has 0 spiro atoms. The fraction of sp³-hybridized carbons (Fsp3) is 0.375. The van der Waals surface area contributed by atoms with Gasteiger partial charge in [0.15, 0.2) is 0 Å². The molecule has 5 nitrogen and oxygen atoms in total. The lowest BCUT2D eigenvalue weighted by Gasteiger charge is -2.20. The van der Waals surface area contributed by atoms with Crippen LogP contribution in [0.5, 0.6) is 0 Å². The van der Waals surface area contributed by atoms with Crippen LogP contribution in [-0.2, 0) is 4.79 Å². The molecule has 0 saturated carbocycles. The Labute approximate surface area is 124 Å². The first-order valence-corrected chi connectivity index (χ1v) is 7.05. The molecule has 0 unspecified atom stereocenters. The predicted octanol–water partition coefficient (Wildman–Crippen LogP) is 2.53. The van der Waals surface area contributed by atoms with E-state index in [2.05, 4.69) is 15.6 Å². The number of fused-ring (bicyclic) bond motifs is 1. The summed E-state index contributed by atoms with van der Waals surface area (Å²) in [5.74, 6) is 0.0351. The molecule has 0 radical (unpaired) electrons. The Balaban J connectivity index is 2.02. The molecule has 0 bridgehead atoms. The number of carbonyl (C=O) groups excluding carboxylic acids is 1. The molecular weight excluding hydrogens is 264 g/mol. The molecule has 21 heavy (non-hydrogen) atoms. The normalized spacial score (nSPS) is 11.4. The summed E-state index contributed by atoms with van der Waals surface area (Å²) in [6.07, 6.45) is 2.14. The molecular formula is C16H22N4O. The van der Waals surface area contributed by atoms with E-state index in [4.69, 9.17) is 5.73 Å². The van der Waals surface area contributed by atoms with Crippen molar-refractivity contribution in [2.45, 2.75) is 32.7 Å². The maximum Gasteiger partial charge on any atom is 0.222 e. The smallest absolute Gasteiger partial charge is 0.222 e. The molecule has 0 saturated heterocycles. The second kappa shape index (κ2) is 5.99. The standard InChI is InChI=1S/C16H22N4O/c1-16(2,3)20-14(21)8-10-18-13-7-6-12(17)15-11(13)5-4-9-19-15/h4-7,9,18H,8,10,17H2,1-3H3,(H,20,21). The summed E-state index contributed by atoms with van der Waals surface area (Å²) in [7, 11) is 0. The van der Waals surface area contributed by atoms with Crippen LogP contribution in [0.2, 0.25) is 0 Å². The quantitative estimate of drug-likeness (QED) is 0.755. The van der Waals surface area contributed by atoms with Crippen molar-refractivity contribution in [1.29, 1.82) is 0 Å². The van der Waals surface area contributed by atoms with Gasteiger partial charge >= 0.3 is 0 Å². The lowest BCUT2D eigenvalue weighted by Crippen LogP contribution is -2.41. The average Bonchev–Trinajstić information content (AvgIpc) is 2.40. The molecule has 112 valence electrons. The number of hydrogen-bond donors (Lipinski definition) is 3. The third-order valence-electron chi connectivity index (χ3n) is 2.98. The highest BCUT2D eigenvalue weighted by molar-refractivity contribution is 5.98. The van der Waals surface area contributed by atoms with E-state index in [-0.39, 0.29) is 11.4 Å². The van der Waals surface area contributed by atoms with Crippen molar-refractivity contribution < 1.29 is 4.79 Å². The third kappa shape index (κ3) is 4.08. The largest absolute Gasteiger partial charge is 0.397 e. The maximum atomic E-state index is 11.8. The van der Waals surface area contributed by atoms with Gasteiger partial charge in [-0.3, -0.25) is 9.78 Å². The summed E-state index contributed by atoms with van der Waals surface area (Å²) in [6.45, 7) is 6.47.